The van der Waals surface area contributed by atoms with Gasteiger partial charge in [0.25, 0.3) is 5.09 Å². The molecule has 0 rings (SSSR count). The lowest BCUT2D eigenvalue weighted by atomic mass is 10.5. The monoisotopic (exact) mass is 172 g/mol. The molecule has 4 N–H and O–H groups in total. The second-order valence-electron chi connectivity index (χ2n) is 1.27. The van der Waals surface area contributed by atoms with E-state index in [1.165, 1.54) is 0 Å². The molecule has 0 aromatic carbocycles. The Bertz CT molecular complexity index is 84.6. The number of rotatable bonds is 2. The van der Waals surface area contributed by atoms with Gasteiger partial charge in [0.05, 0.1) is 5.50 Å². The molecule has 0 fully saturated rings. The molecule has 6 nitrogen and oxygen atoms in total. The van der Waals surface area contributed by atoms with Gasteiger partial charge in [-0.3, -0.25) is 0 Å². The second kappa shape index (κ2) is 8.41. The molecule has 1 unspecified atom stereocenters. The van der Waals surface area contributed by atoms with Crippen LogP contribution in [0.15, 0.2) is 0 Å². The molecule has 0 heterocycles. The van der Waals surface area contributed by atoms with E-state index in [4.69, 9.17) is 37.8 Å². The first-order valence-electron chi connectivity index (χ1n) is 2.34. The van der Waals surface area contributed by atoms with Gasteiger partial charge in [-0.05, 0) is 6.42 Å². The van der Waals surface area contributed by atoms with Gasteiger partial charge in [-0.15, -0.1) is 21.7 Å². The summed E-state index contributed by atoms with van der Waals surface area (Å²) in [6.45, 7) is 0.0741. The van der Waals surface area contributed by atoms with E-state index < -0.39 is 5.09 Å². The van der Waals surface area contributed by atoms with Crippen LogP contribution in [0.4, 0.5) is 0 Å². The van der Waals surface area contributed by atoms with Crippen LogP contribution in [-0.2, 0) is 0 Å². The maximum atomic E-state index is 8.36. The third-order valence-electron chi connectivity index (χ3n) is 0.405. The molecule has 0 saturated heterocycles. The van der Waals surface area contributed by atoms with Crippen LogP contribution in [0, 0.1) is 10.1 Å². The third-order valence-corrected chi connectivity index (χ3v) is 0.623. The Morgan fingerprint density at radius 3 is 2.10 bits per heavy atom. The molecule has 62 valence electrons. The van der Waals surface area contributed by atoms with Crippen molar-refractivity contribution < 1.29 is 15.4 Å². The number of aliphatic hydroxyl groups is 1. The minimum absolute atomic E-state index is 0.0741. The van der Waals surface area contributed by atoms with Crippen LogP contribution in [0.1, 0.15) is 6.42 Å². The van der Waals surface area contributed by atoms with Gasteiger partial charge in [0.2, 0.25) is 0 Å². The number of nitrogens with zero attached hydrogens (tertiary/aromatic N) is 1. The van der Waals surface area contributed by atoms with E-state index in [2.05, 4.69) is 0 Å². The zero-order valence-corrected chi connectivity index (χ0v) is 5.86. The van der Waals surface area contributed by atoms with Gasteiger partial charge in [0, 0.05) is 6.61 Å². The van der Waals surface area contributed by atoms with Gasteiger partial charge in [0.1, 0.15) is 0 Å². The summed E-state index contributed by atoms with van der Waals surface area (Å²) >= 11 is 5.20. The summed E-state index contributed by atoms with van der Waals surface area (Å²) in [6.07, 6.45) is 0.474. The molecule has 0 aromatic heterocycles. The molecule has 0 aliphatic heterocycles. The van der Waals surface area contributed by atoms with Crippen molar-refractivity contribution in [2.24, 2.45) is 5.73 Å². The normalized spacial score (nSPS) is 11.1. The van der Waals surface area contributed by atoms with Crippen LogP contribution < -0.4 is 5.73 Å². The molecule has 1 atom stereocenters. The van der Waals surface area contributed by atoms with Crippen molar-refractivity contribution in [3.8, 4) is 0 Å². The fraction of sp³-hybridized carbons (Fsp3) is 1.00. The van der Waals surface area contributed by atoms with Crippen LogP contribution in [0.2, 0.25) is 0 Å². The highest BCUT2D eigenvalue weighted by Gasteiger charge is 1.89. The molecular formula is C3H9ClN2O4. The minimum atomic E-state index is -1.50. The Morgan fingerprint density at radius 2 is 2.10 bits per heavy atom. The van der Waals surface area contributed by atoms with Gasteiger partial charge in [-0.25, -0.2) is 0 Å². The molecule has 0 amide bonds. The Morgan fingerprint density at radius 1 is 1.80 bits per heavy atom. The van der Waals surface area contributed by atoms with Gasteiger partial charge in [-0.1, -0.05) is 0 Å². The highest BCUT2D eigenvalue weighted by molar-refractivity contribution is 6.20. The molecule has 0 aliphatic rings. The summed E-state index contributed by atoms with van der Waals surface area (Å²) in [5.74, 6) is 0. The van der Waals surface area contributed by atoms with Crippen molar-refractivity contribution in [2.45, 2.75) is 11.9 Å². The average Bonchev–Trinajstić information content (AvgIpc) is 1.62. The van der Waals surface area contributed by atoms with E-state index in [-0.39, 0.29) is 12.1 Å². The smallest absolute Gasteiger partial charge is 0.291 e. The maximum Gasteiger partial charge on any atom is 0.291 e. The van der Waals surface area contributed by atoms with Crippen LogP contribution in [0.3, 0.4) is 0 Å². The molecule has 10 heavy (non-hydrogen) atoms. The molecule has 0 aliphatic carbocycles. The molecule has 0 aromatic rings. The van der Waals surface area contributed by atoms with Crippen LogP contribution in [0.25, 0.3) is 0 Å². The van der Waals surface area contributed by atoms with E-state index in [9.17, 15) is 0 Å². The zero-order chi connectivity index (χ0) is 8.57. The van der Waals surface area contributed by atoms with Crippen molar-refractivity contribution >= 4 is 11.6 Å². The first-order valence-corrected chi connectivity index (χ1v) is 2.78. The second-order valence-corrected chi connectivity index (χ2v) is 1.83. The fourth-order valence-electron chi connectivity index (χ4n) is 0.123. The van der Waals surface area contributed by atoms with Gasteiger partial charge in [0.15, 0.2) is 0 Å². The number of hydrogen-bond acceptors (Lipinski definition) is 4. The Hall–Kier alpha value is -0.590. The van der Waals surface area contributed by atoms with E-state index in [1.54, 1.807) is 0 Å². The summed E-state index contributed by atoms with van der Waals surface area (Å²) < 4.78 is 0. The van der Waals surface area contributed by atoms with Crippen molar-refractivity contribution in [1.82, 2.24) is 0 Å². The largest absolute Gasteiger partial charge is 0.396 e. The van der Waals surface area contributed by atoms with Crippen molar-refractivity contribution in [3.63, 3.8) is 0 Å². The number of alkyl halides is 1. The Labute approximate surface area is 62.3 Å². The molecule has 0 spiro atoms. The van der Waals surface area contributed by atoms with Crippen LogP contribution in [-0.4, -0.2) is 27.5 Å². The first-order chi connectivity index (χ1) is 4.50. The van der Waals surface area contributed by atoms with E-state index in [1.807, 2.05) is 0 Å². The summed E-state index contributed by atoms with van der Waals surface area (Å²) in [5.41, 5.74) is 4.63. The van der Waals surface area contributed by atoms with Crippen molar-refractivity contribution in [3.05, 3.63) is 10.1 Å². The molecular weight excluding hydrogens is 163 g/mol. The summed E-state index contributed by atoms with van der Waals surface area (Å²) in [7, 11) is 0. The number of hydrogen-bond donors (Lipinski definition) is 3. The number of aliphatic hydroxyl groups excluding tert-OH is 1. The lowest BCUT2D eigenvalue weighted by molar-refractivity contribution is -0.742. The number of halogens is 1. The summed E-state index contributed by atoms with van der Waals surface area (Å²) in [6, 6.07) is 0. The lowest BCUT2D eigenvalue weighted by Gasteiger charge is -1.93. The maximum absolute atomic E-state index is 8.36. The summed E-state index contributed by atoms with van der Waals surface area (Å²) in [5, 5.41) is 21.7. The standard InChI is InChI=1S/C3H8ClNO.HNO3/c4-3(5)1-2-6;2-1(3)4/h3,6H,1-2,5H2;(H,2,3,4). The number of nitrogens with two attached hydrogens (primary N) is 1. The summed E-state index contributed by atoms with van der Waals surface area (Å²) in [4.78, 5) is 8.36. The molecule has 0 bridgehead atoms. The third kappa shape index (κ3) is 52.4. The van der Waals surface area contributed by atoms with Crippen LogP contribution >= 0.6 is 11.6 Å². The Balaban J connectivity index is 0. The highest BCUT2D eigenvalue weighted by Crippen LogP contribution is 1.88. The predicted molar refractivity (Wildman–Crippen MR) is 34.3 cm³/mol. The minimum Gasteiger partial charge on any atom is -0.396 e. The Kier molecular flexibility index (Phi) is 10.2. The van der Waals surface area contributed by atoms with Crippen molar-refractivity contribution in [2.75, 3.05) is 6.61 Å². The fourth-order valence-corrected chi connectivity index (χ4v) is 0.221. The molecule has 0 radical (unpaired) electrons. The van der Waals surface area contributed by atoms with Crippen molar-refractivity contribution in [1.29, 1.82) is 0 Å². The average molecular weight is 173 g/mol. The van der Waals surface area contributed by atoms with E-state index in [0.29, 0.717) is 6.42 Å². The highest BCUT2D eigenvalue weighted by atomic mass is 35.5. The van der Waals surface area contributed by atoms with Gasteiger partial charge < -0.3 is 16.0 Å². The molecule has 0 saturated carbocycles. The molecule has 7 heteroatoms. The topological polar surface area (TPSA) is 110 Å². The first kappa shape index (κ1) is 12.1. The zero-order valence-electron chi connectivity index (χ0n) is 5.11. The predicted octanol–water partition coefficient (Wildman–Crippen LogP) is -0.455. The van der Waals surface area contributed by atoms with Gasteiger partial charge in [-0.2, -0.15) is 0 Å². The SMILES string of the molecule is NC(Cl)CCO.O=[N+]([O-])O. The van der Waals surface area contributed by atoms with E-state index in [0.717, 1.165) is 0 Å². The lowest BCUT2D eigenvalue weighted by Crippen LogP contribution is -2.12. The van der Waals surface area contributed by atoms with Gasteiger partial charge >= 0.3 is 0 Å². The van der Waals surface area contributed by atoms with E-state index >= 15 is 0 Å². The quantitative estimate of drug-likeness (QED) is 0.226. The van der Waals surface area contributed by atoms with Crippen LogP contribution in [0.5, 0.6) is 0 Å².